The zero-order chi connectivity index (χ0) is 8.23. The molecule has 0 aliphatic carbocycles. The highest BCUT2D eigenvalue weighted by Crippen LogP contribution is 2.14. The third kappa shape index (κ3) is 2.13. The van der Waals surface area contributed by atoms with Gasteiger partial charge in [0.15, 0.2) is 0 Å². The van der Waals surface area contributed by atoms with Crippen LogP contribution in [0.2, 0.25) is 0 Å². The number of nitrogens with zero attached hydrogens (tertiary/aromatic N) is 1. The molecule has 0 amide bonds. The van der Waals surface area contributed by atoms with Crippen molar-refractivity contribution in [3.8, 4) is 0 Å². The summed E-state index contributed by atoms with van der Waals surface area (Å²) in [5.41, 5.74) is 0. The highest BCUT2D eigenvalue weighted by Gasteiger charge is 2.23. The average molecular weight is 189 g/mol. The maximum absolute atomic E-state index is 5.61. The zero-order valence-corrected chi connectivity index (χ0v) is 8.02. The maximum Gasteiger partial charge on any atom is 0.134 e. The van der Waals surface area contributed by atoms with Gasteiger partial charge in [0, 0.05) is 24.6 Å². The molecule has 70 valence electrons. The molecule has 0 spiro atoms. The first kappa shape index (κ1) is 8.81. The summed E-state index contributed by atoms with van der Waals surface area (Å²) in [4.78, 5) is 2.38. The van der Waals surface area contributed by atoms with Gasteiger partial charge in [0.05, 0.1) is 19.8 Å². The lowest BCUT2D eigenvalue weighted by Crippen LogP contribution is -2.47. The van der Waals surface area contributed by atoms with Gasteiger partial charge in [-0.2, -0.15) is 11.8 Å². The highest BCUT2D eigenvalue weighted by atomic mass is 32.2. The summed E-state index contributed by atoms with van der Waals surface area (Å²) in [7, 11) is 0. The fraction of sp³-hybridized carbons (Fsp3) is 1.00. The van der Waals surface area contributed by atoms with Gasteiger partial charge in [-0.15, -0.1) is 0 Å². The summed E-state index contributed by atoms with van der Waals surface area (Å²) < 4.78 is 11.0. The minimum Gasteiger partial charge on any atom is -0.375 e. The summed E-state index contributed by atoms with van der Waals surface area (Å²) in [6.07, 6.45) is 0.236. The standard InChI is InChI=1S/C8H15NO2S/c1-5-12-6-2-9(1)8-7-10-3-4-11-8/h8H,1-7H2. The fourth-order valence-electron chi connectivity index (χ4n) is 1.55. The van der Waals surface area contributed by atoms with Crippen LogP contribution in [0, 0.1) is 0 Å². The van der Waals surface area contributed by atoms with Crippen molar-refractivity contribution in [2.45, 2.75) is 6.23 Å². The largest absolute Gasteiger partial charge is 0.375 e. The smallest absolute Gasteiger partial charge is 0.134 e. The van der Waals surface area contributed by atoms with Crippen molar-refractivity contribution in [2.24, 2.45) is 0 Å². The van der Waals surface area contributed by atoms with Gasteiger partial charge < -0.3 is 9.47 Å². The van der Waals surface area contributed by atoms with Crippen LogP contribution in [0.3, 0.4) is 0 Å². The number of rotatable bonds is 1. The Hall–Kier alpha value is 0.230. The Morgan fingerprint density at radius 1 is 1.17 bits per heavy atom. The number of thioether (sulfide) groups is 1. The fourth-order valence-corrected chi connectivity index (χ4v) is 2.48. The molecule has 0 saturated carbocycles. The summed E-state index contributed by atoms with van der Waals surface area (Å²) in [5, 5.41) is 0. The van der Waals surface area contributed by atoms with E-state index in [0.717, 1.165) is 32.9 Å². The summed E-state index contributed by atoms with van der Waals surface area (Å²) in [5.74, 6) is 2.47. The zero-order valence-electron chi connectivity index (χ0n) is 7.20. The van der Waals surface area contributed by atoms with E-state index < -0.39 is 0 Å². The molecule has 2 aliphatic rings. The molecule has 4 heteroatoms. The second kappa shape index (κ2) is 4.46. The van der Waals surface area contributed by atoms with Crippen LogP contribution in [0.1, 0.15) is 0 Å². The average Bonchev–Trinajstić information content (AvgIpc) is 2.21. The second-order valence-electron chi connectivity index (χ2n) is 3.05. The Balaban J connectivity index is 1.80. The van der Waals surface area contributed by atoms with Crippen molar-refractivity contribution >= 4 is 11.8 Å². The first-order chi connectivity index (χ1) is 5.97. The SMILES string of the molecule is C1COC(N2CCSCC2)CO1. The van der Waals surface area contributed by atoms with Crippen LogP contribution >= 0.6 is 11.8 Å². The van der Waals surface area contributed by atoms with Crippen LogP contribution in [0.25, 0.3) is 0 Å². The molecule has 0 aromatic carbocycles. The van der Waals surface area contributed by atoms with Crippen molar-refractivity contribution in [3.05, 3.63) is 0 Å². The number of hydrogen-bond donors (Lipinski definition) is 0. The second-order valence-corrected chi connectivity index (χ2v) is 4.27. The van der Waals surface area contributed by atoms with E-state index in [1.807, 2.05) is 11.8 Å². The van der Waals surface area contributed by atoms with Gasteiger partial charge in [-0.1, -0.05) is 0 Å². The predicted octanol–water partition coefficient (Wildman–Crippen LogP) is 0.408. The molecular formula is C8H15NO2S. The Kier molecular flexibility index (Phi) is 3.28. The van der Waals surface area contributed by atoms with E-state index in [2.05, 4.69) is 4.90 Å². The molecule has 0 N–H and O–H groups in total. The van der Waals surface area contributed by atoms with Crippen LogP contribution in [-0.4, -0.2) is 55.5 Å². The monoisotopic (exact) mass is 189 g/mol. The van der Waals surface area contributed by atoms with Crippen molar-refractivity contribution in [1.29, 1.82) is 0 Å². The molecule has 1 unspecified atom stereocenters. The molecule has 2 heterocycles. The van der Waals surface area contributed by atoms with E-state index in [9.17, 15) is 0 Å². The van der Waals surface area contributed by atoms with E-state index in [4.69, 9.17) is 9.47 Å². The van der Waals surface area contributed by atoms with E-state index in [1.165, 1.54) is 11.5 Å². The topological polar surface area (TPSA) is 21.7 Å². The van der Waals surface area contributed by atoms with Crippen LogP contribution in [0.4, 0.5) is 0 Å². The minimum absolute atomic E-state index is 0.236. The minimum atomic E-state index is 0.236. The molecule has 0 radical (unpaired) electrons. The molecule has 0 bridgehead atoms. The number of hydrogen-bond acceptors (Lipinski definition) is 4. The van der Waals surface area contributed by atoms with Gasteiger partial charge in [-0.05, 0) is 0 Å². The Morgan fingerprint density at radius 3 is 2.67 bits per heavy atom. The Labute approximate surface area is 77.4 Å². The van der Waals surface area contributed by atoms with Gasteiger partial charge in [0.2, 0.25) is 0 Å². The maximum atomic E-state index is 5.61. The lowest BCUT2D eigenvalue weighted by molar-refractivity contribution is -0.151. The number of ether oxygens (including phenoxy) is 2. The van der Waals surface area contributed by atoms with Crippen LogP contribution < -0.4 is 0 Å². The molecule has 1 atom stereocenters. The molecular weight excluding hydrogens is 174 g/mol. The lowest BCUT2D eigenvalue weighted by atomic mass is 10.4. The summed E-state index contributed by atoms with van der Waals surface area (Å²) in [6.45, 7) is 4.58. The van der Waals surface area contributed by atoms with Crippen molar-refractivity contribution in [2.75, 3.05) is 44.4 Å². The first-order valence-electron chi connectivity index (χ1n) is 4.48. The van der Waals surface area contributed by atoms with E-state index >= 15 is 0 Å². The van der Waals surface area contributed by atoms with Crippen molar-refractivity contribution in [3.63, 3.8) is 0 Å². The Bertz CT molecular complexity index is 117. The van der Waals surface area contributed by atoms with Crippen molar-refractivity contribution in [1.82, 2.24) is 4.90 Å². The molecule has 12 heavy (non-hydrogen) atoms. The Morgan fingerprint density at radius 2 is 2.00 bits per heavy atom. The quantitative estimate of drug-likeness (QED) is 0.595. The normalized spacial score (nSPS) is 33.5. The molecule has 0 aromatic rings. The van der Waals surface area contributed by atoms with Gasteiger partial charge in [0.1, 0.15) is 6.23 Å². The van der Waals surface area contributed by atoms with Gasteiger partial charge in [-0.3, -0.25) is 4.90 Å². The van der Waals surface area contributed by atoms with Crippen molar-refractivity contribution < 1.29 is 9.47 Å². The van der Waals surface area contributed by atoms with Gasteiger partial charge in [0.25, 0.3) is 0 Å². The summed E-state index contributed by atoms with van der Waals surface area (Å²) >= 11 is 2.02. The first-order valence-corrected chi connectivity index (χ1v) is 5.63. The summed E-state index contributed by atoms with van der Waals surface area (Å²) in [6, 6.07) is 0. The molecule has 2 rings (SSSR count). The molecule has 2 fully saturated rings. The highest BCUT2D eigenvalue weighted by molar-refractivity contribution is 7.99. The van der Waals surface area contributed by atoms with E-state index in [0.29, 0.717) is 0 Å². The molecule has 2 saturated heterocycles. The van der Waals surface area contributed by atoms with Crippen LogP contribution in [0.15, 0.2) is 0 Å². The van der Waals surface area contributed by atoms with Gasteiger partial charge in [-0.25, -0.2) is 0 Å². The molecule has 2 aliphatic heterocycles. The van der Waals surface area contributed by atoms with E-state index in [1.54, 1.807) is 0 Å². The third-order valence-electron chi connectivity index (χ3n) is 2.25. The van der Waals surface area contributed by atoms with Crippen LogP contribution in [0.5, 0.6) is 0 Å². The lowest BCUT2D eigenvalue weighted by Gasteiger charge is -2.35. The predicted molar refractivity (Wildman–Crippen MR) is 49.5 cm³/mol. The van der Waals surface area contributed by atoms with Crippen LogP contribution in [-0.2, 0) is 9.47 Å². The van der Waals surface area contributed by atoms with Gasteiger partial charge >= 0.3 is 0 Å². The molecule has 0 aromatic heterocycles. The molecule has 3 nitrogen and oxygen atoms in total. The van der Waals surface area contributed by atoms with E-state index in [-0.39, 0.29) is 6.23 Å². The third-order valence-corrected chi connectivity index (χ3v) is 3.19.